The van der Waals surface area contributed by atoms with E-state index in [9.17, 15) is 9.90 Å². The van der Waals surface area contributed by atoms with E-state index in [-0.39, 0.29) is 18.1 Å². The van der Waals surface area contributed by atoms with Gasteiger partial charge in [0.1, 0.15) is 5.69 Å². The number of aromatic nitrogens is 1. The van der Waals surface area contributed by atoms with E-state index in [1.54, 1.807) is 32.3 Å². The van der Waals surface area contributed by atoms with E-state index in [1.807, 2.05) is 6.92 Å². The monoisotopic (exact) mass is 237 g/mol. The standard InChI is InChI=1S/C12H19N3O2/c1-8(6-9(2)16)15-10-4-5-14-11(7-10)12(17)13-3/h4-5,7-9,16H,6H2,1-3H3,(H,13,17)(H,14,15). The number of pyridine rings is 1. The predicted octanol–water partition coefficient (Wildman–Crippen LogP) is 1.01. The van der Waals surface area contributed by atoms with Crippen LogP contribution in [0.25, 0.3) is 0 Å². The summed E-state index contributed by atoms with van der Waals surface area (Å²) in [5, 5.41) is 15.0. The molecule has 0 aliphatic rings. The summed E-state index contributed by atoms with van der Waals surface area (Å²) in [7, 11) is 1.57. The largest absolute Gasteiger partial charge is 0.393 e. The molecule has 1 aromatic heterocycles. The highest BCUT2D eigenvalue weighted by molar-refractivity contribution is 5.92. The van der Waals surface area contributed by atoms with Crippen molar-refractivity contribution >= 4 is 11.6 Å². The van der Waals surface area contributed by atoms with Gasteiger partial charge in [-0.25, -0.2) is 0 Å². The molecule has 0 aliphatic carbocycles. The number of nitrogens with one attached hydrogen (secondary N) is 2. The fourth-order valence-electron chi connectivity index (χ4n) is 1.63. The lowest BCUT2D eigenvalue weighted by Crippen LogP contribution is -2.22. The van der Waals surface area contributed by atoms with E-state index in [0.717, 1.165) is 5.69 Å². The van der Waals surface area contributed by atoms with Crippen LogP contribution in [0.1, 0.15) is 30.8 Å². The number of anilines is 1. The first-order valence-corrected chi connectivity index (χ1v) is 5.65. The smallest absolute Gasteiger partial charge is 0.269 e. The van der Waals surface area contributed by atoms with Crippen molar-refractivity contribution in [3.8, 4) is 0 Å². The van der Waals surface area contributed by atoms with E-state index in [4.69, 9.17) is 0 Å². The zero-order valence-electron chi connectivity index (χ0n) is 10.4. The Labute approximate surface area is 101 Å². The van der Waals surface area contributed by atoms with Gasteiger partial charge in [-0.15, -0.1) is 0 Å². The third kappa shape index (κ3) is 4.40. The fourth-order valence-corrected chi connectivity index (χ4v) is 1.63. The van der Waals surface area contributed by atoms with E-state index in [1.165, 1.54) is 0 Å². The molecular weight excluding hydrogens is 218 g/mol. The molecule has 0 saturated carbocycles. The number of carbonyl (C=O) groups is 1. The molecule has 2 atom stereocenters. The van der Waals surface area contributed by atoms with Crippen molar-refractivity contribution in [1.82, 2.24) is 10.3 Å². The Kier molecular flexibility index (Phi) is 4.90. The summed E-state index contributed by atoms with van der Waals surface area (Å²) in [5.41, 5.74) is 1.20. The van der Waals surface area contributed by atoms with Gasteiger partial charge in [0, 0.05) is 25.0 Å². The molecule has 0 saturated heterocycles. The van der Waals surface area contributed by atoms with Crippen molar-refractivity contribution in [3.05, 3.63) is 24.0 Å². The van der Waals surface area contributed by atoms with Crippen LogP contribution in [0.2, 0.25) is 0 Å². The van der Waals surface area contributed by atoms with E-state index in [2.05, 4.69) is 15.6 Å². The lowest BCUT2D eigenvalue weighted by Gasteiger charge is -2.16. The number of aliphatic hydroxyl groups excluding tert-OH is 1. The molecule has 2 unspecified atom stereocenters. The summed E-state index contributed by atoms with van der Waals surface area (Å²) in [4.78, 5) is 15.4. The van der Waals surface area contributed by atoms with Crippen molar-refractivity contribution in [2.75, 3.05) is 12.4 Å². The van der Waals surface area contributed by atoms with Gasteiger partial charge in [-0.1, -0.05) is 0 Å². The zero-order valence-corrected chi connectivity index (χ0v) is 10.4. The van der Waals surface area contributed by atoms with Crippen molar-refractivity contribution in [1.29, 1.82) is 0 Å². The van der Waals surface area contributed by atoms with Crippen molar-refractivity contribution in [3.63, 3.8) is 0 Å². The van der Waals surface area contributed by atoms with Crippen LogP contribution in [0.3, 0.4) is 0 Å². The Bertz CT molecular complexity index is 380. The molecule has 1 aromatic rings. The average molecular weight is 237 g/mol. The van der Waals surface area contributed by atoms with Gasteiger partial charge >= 0.3 is 0 Å². The topological polar surface area (TPSA) is 74.2 Å². The van der Waals surface area contributed by atoms with Gasteiger partial charge < -0.3 is 15.7 Å². The highest BCUT2D eigenvalue weighted by Crippen LogP contribution is 2.11. The summed E-state index contributed by atoms with van der Waals surface area (Å²) < 4.78 is 0. The van der Waals surface area contributed by atoms with Crippen LogP contribution >= 0.6 is 0 Å². The Balaban J connectivity index is 2.68. The van der Waals surface area contributed by atoms with E-state index < -0.39 is 0 Å². The normalized spacial score (nSPS) is 13.9. The second-order valence-electron chi connectivity index (χ2n) is 4.14. The molecule has 0 bridgehead atoms. The summed E-state index contributed by atoms with van der Waals surface area (Å²) in [6.07, 6.45) is 1.89. The molecule has 0 fully saturated rings. The minimum atomic E-state index is -0.349. The number of rotatable bonds is 5. The second-order valence-corrected chi connectivity index (χ2v) is 4.14. The lowest BCUT2D eigenvalue weighted by molar-refractivity contribution is 0.0958. The highest BCUT2D eigenvalue weighted by atomic mass is 16.3. The molecule has 1 rings (SSSR count). The molecule has 0 aliphatic heterocycles. The predicted molar refractivity (Wildman–Crippen MR) is 67.0 cm³/mol. The third-order valence-electron chi connectivity index (χ3n) is 2.33. The first-order valence-electron chi connectivity index (χ1n) is 5.65. The molecule has 17 heavy (non-hydrogen) atoms. The molecule has 5 heteroatoms. The third-order valence-corrected chi connectivity index (χ3v) is 2.33. The van der Waals surface area contributed by atoms with E-state index in [0.29, 0.717) is 12.1 Å². The lowest BCUT2D eigenvalue weighted by atomic mass is 10.1. The van der Waals surface area contributed by atoms with Crippen molar-refractivity contribution in [2.45, 2.75) is 32.4 Å². The molecule has 0 spiro atoms. The summed E-state index contributed by atoms with van der Waals surface area (Å²) in [6, 6.07) is 3.62. The number of aliphatic hydroxyl groups is 1. The van der Waals surface area contributed by atoms with Gasteiger partial charge in [-0.2, -0.15) is 0 Å². The minimum absolute atomic E-state index is 0.134. The van der Waals surface area contributed by atoms with Crippen LogP contribution < -0.4 is 10.6 Å². The van der Waals surface area contributed by atoms with Gasteiger partial charge in [0.2, 0.25) is 0 Å². The molecule has 0 radical (unpaired) electrons. The van der Waals surface area contributed by atoms with Crippen molar-refractivity contribution < 1.29 is 9.90 Å². The Morgan fingerprint density at radius 1 is 1.53 bits per heavy atom. The SMILES string of the molecule is CNC(=O)c1cc(NC(C)CC(C)O)ccn1. The molecule has 1 heterocycles. The Morgan fingerprint density at radius 3 is 2.82 bits per heavy atom. The van der Waals surface area contributed by atoms with Crippen LogP contribution in [0.4, 0.5) is 5.69 Å². The molecule has 3 N–H and O–H groups in total. The quantitative estimate of drug-likeness (QED) is 0.714. The summed E-state index contributed by atoms with van der Waals surface area (Å²) in [5.74, 6) is -0.211. The number of hydrogen-bond donors (Lipinski definition) is 3. The second kappa shape index (κ2) is 6.20. The first kappa shape index (κ1) is 13.4. The number of amides is 1. The van der Waals surface area contributed by atoms with Gasteiger partial charge in [0.05, 0.1) is 6.10 Å². The van der Waals surface area contributed by atoms with Crippen LogP contribution in [0.15, 0.2) is 18.3 Å². The van der Waals surface area contributed by atoms with Crippen LogP contribution in [-0.4, -0.2) is 35.2 Å². The van der Waals surface area contributed by atoms with Crippen LogP contribution in [-0.2, 0) is 0 Å². The van der Waals surface area contributed by atoms with Crippen LogP contribution in [0, 0.1) is 0 Å². The maximum atomic E-state index is 11.4. The van der Waals surface area contributed by atoms with Gasteiger partial charge in [-0.05, 0) is 32.4 Å². The number of carbonyl (C=O) groups excluding carboxylic acids is 1. The molecule has 94 valence electrons. The zero-order chi connectivity index (χ0) is 12.8. The fraction of sp³-hybridized carbons (Fsp3) is 0.500. The Morgan fingerprint density at radius 2 is 2.24 bits per heavy atom. The number of nitrogens with zero attached hydrogens (tertiary/aromatic N) is 1. The molecule has 1 amide bonds. The van der Waals surface area contributed by atoms with Crippen molar-refractivity contribution in [2.24, 2.45) is 0 Å². The van der Waals surface area contributed by atoms with Gasteiger partial charge in [0.15, 0.2) is 0 Å². The summed E-state index contributed by atoms with van der Waals surface area (Å²) in [6.45, 7) is 3.73. The first-order chi connectivity index (χ1) is 8.02. The maximum Gasteiger partial charge on any atom is 0.269 e. The minimum Gasteiger partial charge on any atom is -0.393 e. The van der Waals surface area contributed by atoms with Gasteiger partial charge in [0.25, 0.3) is 5.91 Å². The highest BCUT2D eigenvalue weighted by Gasteiger charge is 2.08. The van der Waals surface area contributed by atoms with Crippen LogP contribution in [0.5, 0.6) is 0 Å². The number of hydrogen-bond acceptors (Lipinski definition) is 4. The van der Waals surface area contributed by atoms with Gasteiger partial charge in [-0.3, -0.25) is 9.78 Å². The molecule has 0 aromatic carbocycles. The molecular formula is C12H19N3O2. The molecule has 5 nitrogen and oxygen atoms in total. The Hall–Kier alpha value is -1.62. The average Bonchev–Trinajstić information content (AvgIpc) is 2.27. The van der Waals surface area contributed by atoms with E-state index >= 15 is 0 Å². The summed E-state index contributed by atoms with van der Waals surface area (Å²) >= 11 is 0. The maximum absolute atomic E-state index is 11.4.